The molecule has 0 aliphatic heterocycles. The maximum Gasteiger partial charge on any atom is 0.0462 e. The van der Waals surface area contributed by atoms with Crippen molar-refractivity contribution in [3.63, 3.8) is 0 Å². The quantitative estimate of drug-likeness (QED) is 0.660. The highest BCUT2D eigenvalue weighted by molar-refractivity contribution is 9.11. The maximum atomic E-state index is 5.05. The Balaban J connectivity index is 2.25. The fourth-order valence-electron chi connectivity index (χ4n) is 1.83. The second-order valence-electron chi connectivity index (χ2n) is 3.60. The van der Waals surface area contributed by atoms with Crippen molar-refractivity contribution in [2.75, 3.05) is 13.7 Å². The van der Waals surface area contributed by atoms with Crippen LogP contribution in [0.4, 0.5) is 0 Å². The van der Waals surface area contributed by atoms with Crippen LogP contribution in [0.15, 0.2) is 11.1 Å². The third-order valence-electron chi connectivity index (χ3n) is 2.79. The predicted octanol–water partition coefficient (Wildman–Crippen LogP) is 3.49. The summed E-state index contributed by atoms with van der Waals surface area (Å²) in [4.78, 5) is 2.01. The van der Waals surface area contributed by atoms with E-state index in [0.717, 1.165) is 6.61 Å². The van der Waals surface area contributed by atoms with Gasteiger partial charge in [0.1, 0.15) is 0 Å². The van der Waals surface area contributed by atoms with E-state index in [-0.39, 0.29) is 0 Å². The molecule has 0 amide bonds. The zero-order chi connectivity index (χ0) is 8.86. The van der Waals surface area contributed by atoms with Crippen LogP contribution < -0.4 is 0 Å². The van der Waals surface area contributed by atoms with E-state index in [1.165, 1.54) is 32.1 Å². The van der Waals surface area contributed by atoms with Crippen LogP contribution in [-0.2, 0) is 4.74 Å². The van der Waals surface area contributed by atoms with Gasteiger partial charge < -0.3 is 4.74 Å². The molecule has 1 nitrogen and oxygen atoms in total. The number of allylic oxidation sites excluding steroid dienone is 1. The number of hydrogen-bond acceptors (Lipinski definition) is 1. The predicted molar refractivity (Wildman–Crippen MR) is 55.5 cm³/mol. The summed E-state index contributed by atoms with van der Waals surface area (Å²) >= 11 is 3.36. The summed E-state index contributed by atoms with van der Waals surface area (Å²) in [6.07, 6.45) is 8.89. The topological polar surface area (TPSA) is 9.23 Å². The molecule has 12 heavy (non-hydrogen) atoms. The lowest BCUT2D eigenvalue weighted by Crippen LogP contribution is -2.27. The van der Waals surface area contributed by atoms with Crippen molar-refractivity contribution in [3.8, 4) is 0 Å². The van der Waals surface area contributed by atoms with Crippen LogP contribution >= 0.6 is 15.9 Å². The van der Waals surface area contributed by atoms with Crippen molar-refractivity contribution in [1.82, 2.24) is 0 Å². The largest absolute Gasteiger partial charge is 0.385 e. The van der Waals surface area contributed by atoms with Crippen molar-refractivity contribution >= 4 is 15.9 Å². The number of halogens is 1. The fraction of sp³-hybridized carbons (Fsp3) is 0.800. The molecule has 70 valence electrons. The Hall–Kier alpha value is 0.180. The fourth-order valence-corrected chi connectivity index (χ4v) is 2.39. The first kappa shape index (κ1) is 10.3. The highest BCUT2D eigenvalue weighted by Gasteiger charge is 2.33. The number of hydrogen-bond donors (Lipinski definition) is 0. The summed E-state index contributed by atoms with van der Waals surface area (Å²) in [5.74, 6) is 0. The molecular weight excluding hydrogens is 216 g/mol. The van der Waals surface area contributed by atoms with Gasteiger partial charge in [0.2, 0.25) is 0 Å². The van der Waals surface area contributed by atoms with Gasteiger partial charge in [-0.2, -0.15) is 0 Å². The van der Waals surface area contributed by atoms with E-state index >= 15 is 0 Å². The SMILES string of the molecule is COCCCC1(/C=C/Br)CCC1. The molecule has 0 aromatic heterocycles. The van der Waals surface area contributed by atoms with Crippen molar-refractivity contribution < 1.29 is 4.74 Å². The average molecular weight is 233 g/mol. The average Bonchev–Trinajstić information content (AvgIpc) is 2.00. The van der Waals surface area contributed by atoms with Crippen LogP contribution in [0.1, 0.15) is 32.1 Å². The van der Waals surface area contributed by atoms with E-state index in [1.54, 1.807) is 7.11 Å². The van der Waals surface area contributed by atoms with E-state index in [9.17, 15) is 0 Å². The molecule has 0 bridgehead atoms. The van der Waals surface area contributed by atoms with E-state index in [1.807, 2.05) is 4.99 Å². The van der Waals surface area contributed by atoms with Crippen LogP contribution in [0.3, 0.4) is 0 Å². The summed E-state index contributed by atoms with van der Waals surface area (Å²) in [6.45, 7) is 0.901. The molecule has 0 aromatic rings. The molecule has 1 saturated carbocycles. The van der Waals surface area contributed by atoms with Crippen molar-refractivity contribution in [3.05, 3.63) is 11.1 Å². The lowest BCUT2D eigenvalue weighted by atomic mass is 9.66. The van der Waals surface area contributed by atoms with Gasteiger partial charge in [-0.1, -0.05) is 28.4 Å². The van der Waals surface area contributed by atoms with Gasteiger partial charge in [-0.15, -0.1) is 0 Å². The molecule has 0 unspecified atom stereocenters. The van der Waals surface area contributed by atoms with Gasteiger partial charge in [0.25, 0.3) is 0 Å². The second-order valence-corrected chi connectivity index (χ2v) is 4.13. The van der Waals surface area contributed by atoms with Crippen LogP contribution in [0.5, 0.6) is 0 Å². The van der Waals surface area contributed by atoms with Gasteiger partial charge in [-0.05, 0) is 36.1 Å². The maximum absolute atomic E-state index is 5.05. The van der Waals surface area contributed by atoms with Crippen LogP contribution in [0.25, 0.3) is 0 Å². The summed E-state index contributed by atoms with van der Waals surface area (Å²) in [7, 11) is 1.77. The minimum absolute atomic E-state index is 0.516. The summed E-state index contributed by atoms with van der Waals surface area (Å²) in [6, 6.07) is 0. The zero-order valence-corrected chi connectivity index (χ0v) is 9.27. The third kappa shape index (κ3) is 2.60. The van der Waals surface area contributed by atoms with E-state index in [2.05, 4.69) is 22.0 Å². The van der Waals surface area contributed by atoms with E-state index < -0.39 is 0 Å². The highest BCUT2D eigenvalue weighted by Crippen LogP contribution is 2.46. The standard InChI is InChI=1S/C10H17BrO/c1-12-9-3-6-10(7-8-11)4-2-5-10/h7-8H,2-6,9H2,1H3/b8-7+. The molecule has 0 saturated heterocycles. The molecule has 2 heteroatoms. The summed E-state index contributed by atoms with van der Waals surface area (Å²) in [5, 5.41) is 0. The van der Waals surface area contributed by atoms with Crippen LogP contribution in [-0.4, -0.2) is 13.7 Å². The Bertz CT molecular complexity index is 150. The molecule has 0 N–H and O–H groups in total. The van der Waals surface area contributed by atoms with Gasteiger partial charge in [0.05, 0.1) is 0 Å². The van der Waals surface area contributed by atoms with Gasteiger partial charge in [0, 0.05) is 13.7 Å². The zero-order valence-electron chi connectivity index (χ0n) is 7.68. The first-order chi connectivity index (χ1) is 5.83. The number of methoxy groups -OCH3 is 1. The smallest absolute Gasteiger partial charge is 0.0462 e. The minimum atomic E-state index is 0.516. The lowest BCUT2D eigenvalue weighted by Gasteiger charge is -2.39. The Morgan fingerprint density at radius 1 is 1.50 bits per heavy atom. The van der Waals surface area contributed by atoms with Crippen LogP contribution in [0.2, 0.25) is 0 Å². The molecule has 0 atom stereocenters. The van der Waals surface area contributed by atoms with Gasteiger partial charge >= 0.3 is 0 Å². The Morgan fingerprint density at radius 3 is 2.67 bits per heavy atom. The molecule has 0 aromatic carbocycles. The molecule has 1 rings (SSSR count). The number of ether oxygens (including phenoxy) is 1. The normalized spacial score (nSPS) is 21.2. The molecule has 1 fully saturated rings. The number of rotatable bonds is 5. The third-order valence-corrected chi connectivity index (χ3v) is 3.05. The van der Waals surface area contributed by atoms with Crippen molar-refractivity contribution in [2.24, 2.45) is 5.41 Å². The monoisotopic (exact) mass is 232 g/mol. The van der Waals surface area contributed by atoms with Gasteiger partial charge in [0.15, 0.2) is 0 Å². The first-order valence-electron chi connectivity index (χ1n) is 4.60. The molecule has 0 spiro atoms. The molecule has 1 aliphatic carbocycles. The molecule has 0 radical (unpaired) electrons. The van der Waals surface area contributed by atoms with Crippen molar-refractivity contribution in [1.29, 1.82) is 0 Å². The minimum Gasteiger partial charge on any atom is -0.385 e. The first-order valence-corrected chi connectivity index (χ1v) is 5.51. The Labute approximate surface area is 83.3 Å². The van der Waals surface area contributed by atoms with Gasteiger partial charge in [-0.25, -0.2) is 0 Å². The van der Waals surface area contributed by atoms with E-state index in [0.29, 0.717) is 5.41 Å². The molecule has 0 heterocycles. The Kier molecular flexibility index (Phi) is 4.30. The van der Waals surface area contributed by atoms with Gasteiger partial charge in [-0.3, -0.25) is 0 Å². The lowest BCUT2D eigenvalue weighted by molar-refractivity contribution is 0.141. The molecular formula is C10H17BrO. The van der Waals surface area contributed by atoms with Crippen molar-refractivity contribution in [2.45, 2.75) is 32.1 Å². The molecule has 1 aliphatic rings. The van der Waals surface area contributed by atoms with E-state index in [4.69, 9.17) is 4.74 Å². The Morgan fingerprint density at radius 2 is 2.25 bits per heavy atom. The van der Waals surface area contributed by atoms with Crippen LogP contribution in [0, 0.1) is 5.41 Å². The highest BCUT2D eigenvalue weighted by atomic mass is 79.9. The second kappa shape index (κ2) is 5.03. The summed E-state index contributed by atoms with van der Waals surface area (Å²) in [5.41, 5.74) is 0.516. The summed E-state index contributed by atoms with van der Waals surface area (Å²) < 4.78 is 5.05.